The van der Waals surface area contributed by atoms with Crippen LogP contribution in [-0.4, -0.2) is 16.1 Å². The maximum atomic E-state index is 5.82. The molecule has 94 valence electrons. The fourth-order valence-corrected chi connectivity index (χ4v) is 2.22. The van der Waals surface area contributed by atoms with E-state index in [2.05, 4.69) is 16.9 Å². The molecule has 1 aromatic heterocycles. The van der Waals surface area contributed by atoms with Gasteiger partial charge in [0.25, 0.3) is 0 Å². The van der Waals surface area contributed by atoms with Gasteiger partial charge < -0.3 is 10.5 Å². The Labute approximate surface area is 103 Å². The van der Waals surface area contributed by atoms with Crippen LogP contribution in [0.4, 0.5) is 0 Å². The van der Waals surface area contributed by atoms with Crippen LogP contribution in [0.15, 0.2) is 6.20 Å². The molecule has 0 saturated heterocycles. The van der Waals surface area contributed by atoms with Crippen LogP contribution >= 0.6 is 0 Å². The maximum absolute atomic E-state index is 5.82. The fraction of sp³-hybridized carbons (Fsp3) is 0.692. The van der Waals surface area contributed by atoms with Gasteiger partial charge >= 0.3 is 6.01 Å². The van der Waals surface area contributed by atoms with E-state index in [-0.39, 0.29) is 6.10 Å². The number of hydrogen-bond acceptors (Lipinski definition) is 4. The van der Waals surface area contributed by atoms with E-state index in [1.807, 2.05) is 6.92 Å². The number of hydrogen-bond donors (Lipinski definition) is 1. The Morgan fingerprint density at radius 3 is 2.65 bits per heavy atom. The van der Waals surface area contributed by atoms with Gasteiger partial charge in [0.1, 0.15) is 6.10 Å². The summed E-state index contributed by atoms with van der Waals surface area (Å²) >= 11 is 0. The second-order valence-corrected chi connectivity index (χ2v) is 4.97. The molecule has 0 bridgehead atoms. The summed E-state index contributed by atoms with van der Waals surface area (Å²) in [5.74, 6) is 0.831. The average Bonchev–Trinajstić information content (AvgIpc) is 2.32. The molecule has 1 aromatic rings. The molecule has 0 amide bonds. The van der Waals surface area contributed by atoms with Crippen LogP contribution in [0.3, 0.4) is 0 Å². The van der Waals surface area contributed by atoms with Crippen molar-refractivity contribution in [3.05, 3.63) is 17.5 Å². The average molecular weight is 235 g/mol. The molecule has 17 heavy (non-hydrogen) atoms. The van der Waals surface area contributed by atoms with E-state index in [9.17, 15) is 0 Å². The van der Waals surface area contributed by atoms with Gasteiger partial charge in [-0.1, -0.05) is 6.92 Å². The summed E-state index contributed by atoms with van der Waals surface area (Å²) in [7, 11) is 0. The first-order valence-electron chi connectivity index (χ1n) is 6.38. The lowest BCUT2D eigenvalue weighted by Crippen LogP contribution is -2.24. The zero-order chi connectivity index (χ0) is 12.3. The molecule has 1 heterocycles. The first-order valence-corrected chi connectivity index (χ1v) is 6.38. The van der Waals surface area contributed by atoms with Crippen molar-refractivity contribution in [2.75, 3.05) is 0 Å². The van der Waals surface area contributed by atoms with Gasteiger partial charge in [0.15, 0.2) is 0 Å². The summed E-state index contributed by atoms with van der Waals surface area (Å²) < 4.78 is 5.82. The van der Waals surface area contributed by atoms with Crippen LogP contribution in [0.5, 0.6) is 6.01 Å². The maximum Gasteiger partial charge on any atom is 0.316 e. The lowest BCUT2D eigenvalue weighted by molar-refractivity contribution is 0.124. The van der Waals surface area contributed by atoms with Gasteiger partial charge in [-0.3, -0.25) is 0 Å². The molecular weight excluding hydrogens is 214 g/mol. The highest BCUT2D eigenvalue weighted by atomic mass is 16.5. The van der Waals surface area contributed by atoms with E-state index in [0.717, 1.165) is 30.0 Å². The highest BCUT2D eigenvalue weighted by Crippen LogP contribution is 2.26. The molecule has 1 fully saturated rings. The summed E-state index contributed by atoms with van der Waals surface area (Å²) in [6.45, 7) is 4.72. The number of ether oxygens (including phenoxy) is 1. The lowest BCUT2D eigenvalue weighted by Gasteiger charge is -2.26. The summed E-state index contributed by atoms with van der Waals surface area (Å²) in [5, 5.41) is 0. The van der Waals surface area contributed by atoms with Crippen molar-refractivity contribution in [2.24, 2.45) is 11.7 Å². The molecular formula is C13H21N3O. The molecule has 4 heteroatoms. The van der Waals surface area contributed by atoms with Crippen molar-refractivity contribution < 1.29 is 4.74 Å². The summed E-state index contributed by atoms with van der Waals surface area (Å²) in [4.78, 5) is 8.55. The highest BCUT2D eigenvalue weighted by Gasteiger charge is 2.20. The van der Waals surface area contributed by atoms with E-state index in [4.69, 9.17) is 10.5 Å². The largest absolute Gasteiger partial charge is 0.460 e. The zero-order valence-electron chi connectivity index (χ0n) is 10.6. The SMILES string of the molecule is Cc1nc(OC2CCC(C)CC2)ncc1CN. The first kappa shape index (κ1) is 12.3. The summed E-state index contributed by atoms with van der Waals surface area (Å²) in [6.07, 6.45) is 6.76. The lowest BCUT2D eigenvalue weighted by atomic mass is 9.89. The third-order valence-electron chi connectivity index (χ3n) is 3.51. The van der Waals surface area contributed by atoms with Crippen LogP contribution in [0, 0.1) is 12.8 Å². The molecule has 1 aliphatic carbocycles. The van der Waals surface area contributed by atoms with Crippen molar-refractivity contribution in [3.8, 4) is 6.01 Å². The second-order valence-electron chi connectivity index (χ2n) is 4.97. The molecule has 4 nitrogen and oxygen atoms in total. The van der Waals surface area contributed by atoms with Crippen molar-refractivity contribution in [1.29, 1.82) is 0 Å². The highest BCUT2D eigenvalue weighted by molar-refractivity contribution is 5.17. The molecule has 1 saturated carbocycles. The van der Waals surface area contributed by atoms with Gasteiger partial charge in [0.2, 0.25) is 0 Å². The predicted molar refractivity (Wildman–Crippen MR) is 66.7 cm³/mol. The topological polar surface area (TPSA) is 61.0 Å². The van der Waals surface area contributed by atoms with Gasteiger partial charge in [-0.2, -0.15) is 0 Å². The van der Waals surface area contributed by atoms with Gasteiger partial charge in [0, 0.05) is 24.0 Å². The molecule has 2 rings (SSSR count). The van der Waals surface area contributed by atoms with E-state index >= 15 is 0 Å². The molecule has 1 aliphatic rings. The van der Waals surface area contributed by atoms with Gasteiger partial charge in [-0.25, -0.2) is 9.97 Å². The van der Waals surface area contributed by atoms with E-state index in [0.29, 0.717) is 12.6 Å². The van der Waals surface area contributed by atoms with Gasteiger partial charge in [-0.05, 0) is 38.5 Å². The Bertz CT molecular complexity index is 373. The number of aryl methyl sites for hydroxylation is 1. The number of nitrogens with zero attached hydrogens (tertiary/aromatic N) is 2. The minimum Gasteiger partial charge on any atom is -0.460 e. The number of rotatable bonds is 3. The molecule has 2 N–H and O–H groups in total. The normalized spacial score (nSPS) is 24.6. The first-order chi connectivity index (χ1) is 8.19. The number of aromatic nitrogens is 2. The predicted octanol–water partition coefficient (Wildman–Crippen LogP) is 2.20. The van der Waals surface area contributed by atoms with Gasteiger partial charge in [-0.15, -0.1) is 0 Å². The minimum absolute atomic E-state index is 0.286. The quantitative estimate of drug-likeness (QED) is 0.872. The van der Waals surface area contributed by atoms with Gasteiger partial charge in [0.05, 0.1) is 0 Å². The number of nitrogens with two attached hydrogens (primary N) is 1. The molecule has 0 aromatic carbocycles. The third kappa shape index (κ3) is 3.16. The van der Waals surface area contributed by atoms with Crippen LogP contribution in [0.25, 0.3) is 0 Å². The Balaban J connectivity index is 1.97. The van der Waals surface area contributed by atoms with E-state index in [1.165, 1.54) is 12.8 Å². The smallest absolute Gasteiger partial charge is 0.316 e. The zero-order valence-corrected chi connectivity index (χ0v) is 10.6. The Kier molecular flexibility index (Phi) is 3.94. The summed E-state index contributed by atoms with van der Waals surface area (Å²) in [5.41, 5.74) is 7.48. The molecule has 0 spiro atoms. The van der Waals surface area contributed by atoms with E-state index < -0.39 is 0 Å². The van der Waals surface area contributed by atoms with Crippen LogP contribution in [0.1, 0.15) is 43.9 Å². The fourth-order valence-electron chi connectivity index (χ4n) is 2.22. The van der Waals surface area contributed by atoms with E-state index in [1.54, 1.807) is 6.20 Å². The third-order valence-corrected chi connectivity index (χ3v) is 3.51. The molecule has 0 aliphatic heterocycles. The molecule has 0 atom stereocenters. The standard InChI is InChI=1S/C13H21N3O/c1-9-3-5-12(6-4-9)17-13-15-8-11(7-14)10(2)16-13/h8-9,12H,3-7,14H2,1-2H3. The second kappa shape index (κ2) is 5.45. The summed E-state index contributed by atoms with van der Waals surface area (Å²) in [6, 6.07) is 0.499. The van der Waals surface area contributed by atoms with Crippen molar-refractivity contribution in [3.63, 3.8) is 0 Å². The molecule has 0 radical (unpaired) electrons. The van der Waals surface area contributed by atoms with Crippen LogP contribution in [-0.2, 0) is 6.54 Å². The molecule has 0 unspecified atom stereocenters. The monoisotopic (exact) mass is 235 g/mol. The Morgan fingerprint density at radius 2 is 2.06 bits per heavy atom. The van der Waals surface area contributed by atoms with Crippen LogP contribution in [0.2, 0.25) is 0 Å². The van der Waals surface area contributed by atoms with Crippen molar-refractivity contribution in [2.45, 2.75) is 52.2 Å². The Morgan fingerprint density at radius 1 is 1.35 bits per heavy atom. The van der Waals surface area contributed by atoms with Crippen LogP contribution < -0.4 is 10.5 Å². The Hall–Kier alpha value is -1.16. The van der Waals surface area contributed by atoms with Crippen molar-refractivity contribution >= 4 is 0 Å². The minimum atomic E-state index is 0.286. The van der Waals surface area contributed by atoms with Crippen molar-refractivity contribution in [1.82, 2.24) is 9.97 Å².